The van der Waals surface area contributed by atoms with Crippen molar-refractivity contribution in [3.63, 3.8) is 0 Å². The van der Waals surface area contributed by atoms with Gasteiger partial charge in [0, 0.05) is 13.1 Å². The van der Waals surface area contributed by atoms with Gasteiger partial charge in [0.1, 0.15) is 5.75 Å². The summed E-state index contributed by atoms with van der Waals surface area (Å²) in [5, 5.41) is 0. The molecule has 1 amide bonds. The van der Waals surface area contributed by atoms with Crippen LogP contribution in [0.3, 0.4) is 0 Å². The van der Waals surface area contributed by atoms with E-state index in [1.165, 1.54) is 5.56 Å². The molecule has 3 rings (SSSR count). The summed E-state index contributed by atoms with van der Waals surface area (Å²) < 4.78 is 5.83. The first kappa shape index (κ1) is 16.6. The molecule has 1 atom stereocenters. The molecule has 2 aromatic carbocycles. The van der Waals surface area contributed by atoms with Crippen LogP contribution in [0.2, 0.25) is 0 Å². The maximum Gasteiger partial charge on any atom is 0.263 e. The Morgan fingerprint density at radius 3 is 2.46 bits per heavy atom. The third-order valence-corrected chi connectivity index (χ3v) is 4.73. The van der Waals surface area contributed by atoms with Crippen LogP contribution in [0.5, 0.6) is 5.75 Å². The molecule has 3 nitrogen and oxygen atoms in total. The van der Waals surface area contributed by atoms with Crippen molar-refractivity contribution in [3.8, 4) is 5.75 Å². The fraction of sp³-hybridized carbons (Fsp3) is 0.381. The van der Waals surface area contributed by atoms with Crippen LogP contribution in [-0.4, -0.2) is 30.0 Å². The molecule has 1 saturated heterocycles. The summed E-state index contributed by atoms with van der Waals surface area (Å²) in [7, 11) is 0. The molecule has 1 aliphatic rings. The minimum atomic E-state index is -0.444. The van der Waals surface area contributed by atoms with E-state index in [0.29, 0.717) is 5.92 Å². The average Bonchev–Trinajstić information content (AvgIpc) is 2.62. The van der Waals surface area contributed by atoms with Gasteiger partial charge >= 0.3 is 0 Å². The second-order valence-electron chi connectivity index (χ2n) is 6.59. The number of ether oxygens (including phenoxy) is 1. The number of rotatable bonds is 4. The Morgan fingerprint density at radius 1 is 1.08 bits per heavy atom. The Hall–Kier alpha value is -2.29. The van der Waals surface area contributed by atoms with Crippen molar-refractivity contribution in [2.75, 3.05) is 13.1 Å². The SMILES string of the molecule is Cc1cccc(OC(C)C(=O)N2CCC(c3ccccc3)CC2)c1. The molecule has 0 spiro atoms. The van der Waals surface area contributed by atoms with Crippen molar-refractivity contribution < 1.29 is 9.53 Å². The number of likely N-dealkylation sites (tertiary alicyclic amines) is 1. The standard InChI is InChI=1S/C21H25NO2/c1-16-7-6-10-20(15-16)24-17(2)21(23)22-13-11-19(12-14-22)18-8-4-3-5-9-18/h3-10,15,17,19H,11-14H2,1-2H3. The quantitative estimate of drug-likeness (QED) is 0.845. The van der Waals surface area contributed by atoms with Crippen molar-refractivity contribution in [2.24, 2.45) is 0 Å². The van der Waals surface area contributed by atoms with Crippen molar-refractivity contribution in [3.05, 3.63) is 65.7 Å². The molecular weight excluding hydrogens is 298 g/mol. The first-order valence-electron chi connectivity index (χ1n) is 8.70. The third-order valence-electron chi connectivity index (χ3n) is 4.73. The van der Waals surface area contributed by atoms with E-state index in [1.54, 1.807) is 0 Å². The monoisotopic (exact) mass is 323 g/mol. The molecule has 0 saturated carbocycles. The maximum absolute atomic E-state index is 12.6. The normalized spacial score (nSPS) is 16.7. The fourth-order valence-electron chi connectivity index (χ4n) is 3.36. The highest BCUT2D eigenvalue weighted by Gasteiger charge is 2.27. The number of hydrogen-bond donors (Lipinski definition) is 0. The first-order chi connectivity index (χ1) is 11.6. The van der Waals surface area contributed by atoms with E-state index in [4.69, 9.17) is 4.74 Å². The lowest BCUT2D eigenvalue weighted by atomic mass is 9.89. The molecule has 1 unspecified atom stereocenters. The highest BCUT2D eigenvalue weighted by Crippen LogP contribution is 2.28. The number of carbonyl (C=O) groups is 1. The molecule has 0 radical (unpaired) electrons. The zero-order valence-corrected chi connectivity index (χ0v) is 14.4. The van der Waals surface area contributed by atoms with Crippen LogP contribution >= 0.6 is 0 Å². The lowest BCUT2D eigenvalue weighted by molar-refractivity contribution is -0.139. The number of nitrogens with zero attached hydrogens (tertiary/aromatic N) is 1. The van der Waals surface area contributed by atoms with Crippen LogP contribution in [0.1, 0.15) is 36.8 Å². The molecular formula is C21H25NO2. The second-order valence-corrected chi connectivity index (χ2v) is 6.59. The summed E-state index contributed by atoms with van der Waals surface area (Å²) in [6.07, 6.45) is 1.60. The second kappa shape index (κ2) is 7.52. The van der Waals surface area contributed by atoms with Gasteiger partial charge in [-0.3, -0.25) is 4.79 Å². The summed E-state index contributed by atoms with van der Waals surface area (Å²) in [4.78, 5) is 14.6. The van der Waals surface area contributed by atoms with Crippen LogP contribution in [0.25, 0.3) is 0 Å². The zero-order chi connectivity index (χ0) is 16.9. The summed E-state index contributed by atoms with van der Waals surface area (Å²) >= 11 is 0. The van der Waals surface area contributed by atoms with Crippen molar-refractivity contribution in [1.29, 1.82) is 0 Å². The summed E-state index contributed by atoms with van der Waals surface area (Å²) in [6.45, 7) is 5.47. The molecule has 0 N–H and O–H groups in total. The molecule has 0 aromatic heterocycles. The van der Waals surface area contributed by atoms with E-state index in [2.05, 4.69) is 24.3 Å². The molecule has 1 heterocycles. The highest BCUT2D eigenvalue weighted by molar-refractivity contribution is 5.81. The fourth-order valence-corrected chi connectivity index (χ4v) is 3.36. The molecule has 0 bridgehead atoms. The van der Waals surface area contributed by atoms with Gasteiger partial charge < -0.3 is 9.64 Å². The summed E-state index contributed by atoms with van der Waals surface area (Å²) in [5.74, 6) is 1.40. The number of hydrogen-bond acceptors (Lipinski definition) is 2. The van der Waals surface area contributed by atoms with Crippen LogP contribution < -0.4 is 4.74 Å². The van der Waals surface area contributed by atoms with E-state index >= 15 is 0 Å². The third kappa shape index (κ3) is 3.97. The van der Waals surface area contributed by atoms with Crippen LogP contribution in [0, 0.1) is 6.92 Å². The van der Waals surface area contributed by atoms with Gasteiger partial charge in [0.25, 0.3) is 5.91 Å². The average molecular weight is 323 g/mol. The number of piperidine rings is 1. The molecule has 1 aliphatic heterocycles. The minimum absolute atomic E-state index is 0.0861. The highest BCUT2D eigenvalue weighted by atomic mass is 16.5. The lowest BCUT2D eigenvalue weighted by Gasteiger charge is -2.33. The van der Waals surface area contributed by atoms with E-state index < -0.39 is 6.10 Å². The molecule has 0 aliphatic carbocycles. The molecule has 2 aromatic rings. The predicted octanol–water partition coefficient (Wildman–Crippen LogP) is 4.17. The number of carbonyl (C=O) groups excluding carboxylic acids is 1. The van der Waals surface area contributed by atoms with Crippen LogP contribution in [0.4, 0.5) is 0 Å². The van der Waals surface area contributed by atoms with Gasteiger partial charge in [0.2, 0.25) is 0 Å². The summed E-state index contributed by atoms with van der Waals surface area (Å²) in [6, 6.07) is 18.4. The Kier molecular flexibility index (Phi) is 5.19. The smallest absolute Gasteiger partial charge is 0.263 e. The van der Waals surface area contributed by atoms with Gasteiger partial charge in [-0.25, -0.2) is 0 Å². The zero-order valence-electron chi connectivity index (χ0n) is 14.4. The Bertz CT molecular complexity index is 675. The number of benzene rings is 2. The van der Waals surface area contributed by atoms with Gasteiger partial charge in [0.05, 0.1) is 0 Å². The largest absolute Gasteiger partial charge is 0.481 e. The van der Waals surface area contributed by atoms with Gasteiger partial charge in [-0.15, -0.1) is 0 Å². The van der Waals surface area contributed by atoms with Crippen molar-refractivity contribution in [1.82, 2.24) is 4.90 Å². The number of aryl methyl sites for hydroxylation is 1. The Balaban J connectivity index is 1.55. The Morgan fingerprint density at radius 2 is 1.79 bits per heavy atom. The maximum atomic E-state index is 12.6. The summed E-state index contributed by atoms with van der Waals surface area (Å²) in [5.41, 5.74) is 2.52. The van der Waals surface area contributed by atoms with Crippen molar-refractivity contribution >= 4 is 5.91 Å². The topological polar surface area (TPSA) is 29.5 Å². The van der Waals surface area contributed by atoms with Gasteiger partial charge in [-0.1, -0.05) is 42.5 Å². The van der Waals surface area contributed by atoms with Crippen molar-refractivity contribution in [2.45, 2.75) is 38.7 Å². The van der Waals surface area contributed by atoms with Crippen LogP contribution in [-0.2, 0) is 4.79 Å². The van der Waals surface area contributed by atoms with E-state index in [0.717, 1.165) is 37.2 Å². The van der Waals surface area contributed by atoms with Crippen LogP contribution in [0.15, 0.2) is 54.6 Å². The van der Waals surface area contributed by atoms with Gasteiger partial charge in [0.15, 0.2) is 6.10 Å². The van der Waals surface area contributed by atoms with E-state index in [9.17, 15) is 4.79 Å². The predicted molar refractivity (Wildman–Crippen MR) is 96.3 cm³/mol. The molecule has 126 valence electrons. The van der Waals surface area contributed by atoms with E-state index in [1.807, 2.05) is 49.1 Å². The lowest BCUT2D eigenvalue weighted by Crippen LogP contribution is -2.44. The van der Waals surface area contributed by atoms with Gasteiger partial charge in [-0.2, -0.15) is 0 Å². The molecule has 1 fully saturated rings. The minimum Gasteiger partial charge on any atom is -0.481 e. The molecule has 24 heavy (non-hydrogen) atoms. The Labute approximate surface area is 144 Å². The molecule has 3 heteroatoms. The van der Waals surface area contributed by atoms with E-state index in [-0.39, 0.29) is 5.91 Å². The van der Waals surface area contributed by atoms with Gasteiger partial charge in [-0.05, 0) is 55.9 Å². The number of amides is 1. The first-order valence-corrected chi connectivity index (χ1v) is 8.70.